The summed E-state index contributed by atoms with van der Waals surface area (Å²) < 4.78 is 0. The molecule has 16 heavy (non-hydrogen) atoms. The first-order chi connectivity index (χ1) is 7.75. The molecule has 4 nitrogen and oxygen atoms in total. The van der Waals surface area contributed by atoms with Crippen LogP contribution in [0.3, 0.4) is 0 Å². The van der Waals surface area contributed by atoms with Gasteiger partial charge in [0.25, 0.3) is 0 Å². The lowest BCUT2D eigenvalue weighted by atomic mass is 10.2. The van der Waals surface area contributed by atoms with E-state index in [2.05, 4.69) is 15.4 Å². The van der Waals surface area contributed by atoms with Crippen LogP contribution in [0.15, 0.2) is 18.3 Å². The van der Waals surface area contributed by atoms with Crippen molar-refractivity contribution in [3.63, 3.8) is 0 Å². The van der Waals surface area contributed by atoms with Crippen LogP contribution in [0.25, 0.3) is 0 Å². The zero-order chi connectivity index (χ0) is 11.4. The summed E-state index contributed by atoms with van der Waals surface area (Å²) in [5, 5.41) is 2.22. The fraction of sp³-hybridized carbons (Fsp3) is 0.455. The molecule has 1 aliphatic rings. The third-order valence-corrected chi connectivity index (χ3v) is 2.86. The van der Waals surface area contributed by atoms with Gasteiger partial charge in [0, 0.05) is 19.3 Å². The van der Waals surface area contributed by atoms with Crippen LogP contribution in [-0.4, -0.2) is 28.1 Å². The third-order valence-electron chi connectivity index (χ3n) is 2.66. The fourth-order valence-electron chi connectivity index (χ4n) is 1.82. The quantitative estimate of drug-likeness (QED) is 0.779. The van der Waals surface area contributed by atoms with Gasteiger partial charge in [-0.15, -0.1) is 0 Å². The Balaban J connectivity index is 2.02. The van der Waals surface area contributed by atoms with Gasteiger partial charge in [-0.2, -0.15) is 0 Å². The van der Waals surface area contributed by atoms with E-state index in [1.54, 1.807) is 6.20 Å². The van der Waals surface area contributed by atoms with E-state index in [-0.39, 0.29) is 0 Å². The monoisotopic (exact) mass is 236 g/mol. The minimum Gasteiger partial charge on any atom is -0.388 e. The number of rotatable bonds is 3. The maximum absolute atomic E-state index is 5.54. The molecule has 1 aliphatic heterocycles. The zero-order valence-corrected chi connectivity index (χ0v) is 9.96. The average Bonchev–Trinajstić information content (AvgIpc) is 2.30. The van der Waals surface area contributed by atoms with Gasteiger partial charge in [-0.05, 0) is 25.0 Å². The van der Waals surface area contributed by atoms with E-state index >= 15 is 0 Å². The van der Waals surface area contributed by atoms with Gasteiger partial charge < -0.3 is 11.2 Å². The van der Waals surface area contributed by atoms with Crippen LogP contribution >= 0.6 is 12.2 Å². The molecule has 0 spiro atoms. The standard InChI is InChI=1S/C11H16N4S/c12-11(16)10-8-9(4-5-13-10)14-15-6-2-1-3-7-15/h4-5,8H,1-3,6-7H2,(H2,12,16)(H,13,14). The number of hydrogen-bond donors (Lipinski definition) is 2. The summed E-state index contributed by atoms with van der Waals surface area (Å²) in [6.07, 6.45) is 5.55. The number of anilines is 1. The van der Waals surface area contributed by atoms with Crippen molar-refractivity contribution in [2.24, 2.45) is 5.73 Å². The smallest absolute Gasteiger partial charge is 0.122 e. The van der Waals surface area contributed by atoms with Crippen molar-refractivity contribution in [1.82, 2.24) is 9.99 Å². The summed E-state index contributed by atoms with van der Waals surface area (Å²) >= 11 is 4.90. The molecule has 0 aromatic carbocycles. The first kappa shape index (κ1) is 11.3. The van der Waals surface area contributed by atoms with Gasteiger partial charge in [0.1, 0.15) is 4.99 Å². The Morgan fingerprint density at radius 2 is 2.12 bits per heavy atom. The summed E-state index contributed by atoms with van der Waals surface area (Å²) in [5.41, 5.74) is 10.6. The Bertz CT molecular complexity index is 374. The Morgan fingerprint density at radius 1 is 1.38 bits per heavy atom. The molecule has 0 amide bonds. The van der Waals surface area contributed by atoms with Gasteiger partial charge in [-0.25, -0.2) is 5.01 Å². The van der Waals surface area contributed by atoms with E-state index < -0.39 is 0 Å². The van der Waals surface area contributed by atoms with Crippen molar-refractivity contribution in [3.05, 3.63) is 24.0 Å². The molecule has 0 unspecified atom stereocenters. The number of nitrogens with zero attached hydrogens (tertiary/aromatic N) is 2. The molecular weight excluding hydrogens is 220 g/mol. The molecule has 0 aliphatic carbocycles. The highest BCUT2D eigenvalue weighted by atomic mass is 32.1. The predicted molar refractivity (Wildman–Crippen MR) is 69.2 cm³/mol. The second-order valence-electron chi connectivity index (χ2n) is 3.95. The number of pyridine rings is 1. The van der Waals surface area contributed by atoms with Gasteiger partial charge >= 0.3 is 0 Å². The van der Waals surface area contributed by atoms with Gasteiger partial charge in [0.2, 0.25) is 0 Å². The molecule has 0 bridgehead atoms. The molecule has 86 valence electrons. The maximum Gasteiger partial charge on any atom is 0.122 e. The highest BCUT2D eigenvalue weighted by Crippen LogP contribution is 2.13. The van der Waals surface area contributed by atoms with Gasteiger partial charge in [-0.3, -0.25) is 4.98 Å². The molecule has 5 heteroatoms. The zero-order valence-electron chi connectivity index (χ0n) is 9.15. The summed E-state index contributed by atoms with van der Waals surface area (Å²) in [6, 6.07) is 3.81. The van der Waals surface area contributed by atoms with Crippen LogP contribution in [0.4, 0.5) is 5.69 Å². The van der Waals surface area contributed by atoms with Gasteiger partial charge in [-0.1, -0.05) is 18.6 Å². The fourth-order valence-corrected chi connectivity index (χ4v) is 1.93. The summed E-state index contributed by atoms with van der Waals surface area (Å²) in [5.74, 6) is 0. The lowest BCUT2D eigenvalue weighted by Gasteiger charge is -2.27. The van der Waals surface area contributed by atoms with Crippen LogP contribution < -0.4 is 11.2 Å². The predicted octanol–water partition coefficient (Wildman–Crippen LogP) is 1.53. The molecular formula is C11H16N4S. The number of piperidine rings is 1. The summed E-state index contributed by atoms with van der Waals surface area (Å²) in [6.45, 7) is 2.18. The summed E-state index contributed by atoms with van der Waals surface area (Å²) in [4.78, 5) is 4.44. The van der Waals surface area contributed by atoms with E-state index in [0.717, 1.165) is 18.8 Å². The topological polar surface area (TPSA) is 54.2 Å². The summed E-state index contributed by atoms with van der Waals surface area (Å²) in [7, 11) is 0. The number of hydrogen-bond acceptors (Lipinski definition) is 4. The van der Waals surface area contributed by atoms with Crippen molar-refractivity contribution in [2.45, 2.75) is 19.3 Å². The number of aromatic nitrogens is 1. The van der Waals surface area contributed by atoms with E-state index in [1.165, 1.54) is 19.3 Å². The SMILES string of the molecule is NC(=S)c1cc(NN2CCCCC2)ccn1. The Labute approximate surface area is 101 Å². The lowest BCUT2D eigenvalue weighted by Crippen LogP contribution is -2.34. The first-order valence-corrected chi connectivity index (χ1v) is 5.94. The number of nitrogens with two attached hydrogens (primary N) is 1. The second-order valence-corrected chi connectivity index (χ2v) is 4.39. The van der Waals surface area contributed by atoms with Crippen LogP contribution in [-0.2, 0) is 0 Å². The van der Waals surface area contributed by atoms with Crippen molar-refractivity contribution in [3.8, 4) is 0 Å². The van der Waals surface area contributed by atoms with Crippen LogP contribution in [0.1, 0.15) is 25.0 Å². The van der Waals surface area contributed by atoms with Crippen molar-refractivity contribution in [2.75, 3.05) is 18.5 Å². The van der Waals surface area contributed by atoms with Crippen molar-refractivity contribution in [1.29, 1.82) is 0 Å². The molecule has 0 saturated carbocycles. The largest absolute Gasteiger partial charge is 0.388 e. The Morgan fingerprint density at radius 3 is 2.81 bits per heavy atom. The Hall–Kier alpha value is -1.20. The van der Waals surface area contributed by atoms with Crippen molar-refractivity contribution >= 4 is 22.9 Å². The molecule has 0 radical (unpaired) electrons. The minimum atomic E-state index is 0.335. The van der Waals surface area contributed by atoms with E-state index in [9.17, 15) is 0 Å². The number of nitrogens with one attached hydrogen (secondary N) is 1. The van der Waals surface area contributed by atoms with E-state index in [4.69, 9.17) is 18.0 Å². The molecule has 1 aromatic heterocycles. The molecule has 1 aromatic rings. The van der Waals surface area contributed by atoms with Crippen molar-refractivity contribution < 1.29 is 0 Å². The average molecular weight is 236 g/mol. The normalized spacial score (nSPS) is 17.0. The highest BCUT2D eigenvalue weighted by molar-refractivity contribution is 7.80. The minimum absolute atomic E-state index is 0.335. The molecule has 2 rings (SSSR count). The van der Waals surface area contributed by atoms with Crippen LogP contribution in [0.2, 0.25) is 0 Å². The molecule has 2 heterocycles. The highest BCUT2D eigenvalue weighted by Gasteiger charge is 2.10. The number of thiocarbonyl (C=S) groups is 1. The van der Waals surface area contributed by atoms with Crippen LogP contribution in [0.5, 0.6) is 0 Å². The van der Waals surface area contributed by atoms with Crippen LogP contribution in [0, 0.1) is 0 Å². The number of hydrazine groups is 1. The second kappa shape index (κ2) is 5.23. The Kier molecular flexibility index (Phi) is 3.69. The lowest BCUT2D eigenvalue weighted by molar-refractivity contribution is 0.273. The third kappa shape index (κ3) is 2.90. The molecule has 1 fully saturated rings. The maximum atomic E-state index is 5.54. The van der Waals surface area contributed by atoms with E-state index in [0.29, 0.717) is 10.7 Å². The molecule has 3 N–H and O–H groups in total. The first-order valence-electron chi connectivity index (χ1n) is 5.53. The van der Waals surface area contributed by atoms with Gasteiger partial charge in [0.15, 0.2) is 0 Å². The van der Waals surface area contributed by atoms with E-state index in [1.807, 2.05) is 12.1 Å². The van der Waals surface area contributed by atoms with Gasteiger partial charge in [0.05, 0.1) is 11.4 Å². The molecule has 1 saturated heterocycles. The molecule has 0 atom stereocenters.